The van der Waals surface area contributed by atoms with E-state index in [4.69, 9.17) is 9.97 Å². The van der Waals surface area contributed by atoms with Gasteiger partial charge in [-0.25, -0.2) is 19.7 Å². The number of halogens is 1. The molecule has 0 saturated heterocycles. The SMILES string of the molecule is CCCc1nc2c(C)ccnc2n1Cc1ccn2c(Br)c(-c3ccccc3C(=O)O)nc2c1. The molecule has 0 radical (unpaired) electrons. The van der Waals surface area contributed by atoms with E-state index in [1.807, 2.05) is 41.1 Å². The molecular formula is C25H22BrN5O2. The van der Waals surface area contributed by atoms with E-state index in [1.54, 1.807) is 18.2 Å². The molecule has 1 aromatic carbocycles. The van der Waals surface area contributed by atoms with E-state index in [9.17, 15) is 9.90 Å². The maximum atomic E-state index is 11.7. The van der Waals surface area contributed by atoms with Crippen LogP contribution in [0.5, 0.6) is 0 Å². The van der Waals surface area contributed by atoms with Crippen molar-refractivity contribution in [1.82, 2.24) is 23.9 Å². The monoisotopic (exact) mass is 503 g/mol. The van der Waals surface area contributed by atoms with Gasteiger partial charge in [-0.05, 0) is 64.7 Å². The van der Waals surface area contributed by atoms with Crippen LogP contribution in [0, 0.1) is 6.92 Å². The minimum absolute atomic E-state index is 0.220. The van der Waals surface area contributed by atoms with Crippen LogP contribution in [0.1, 0.15) is 40.7 Å². The van der Waals surface area contributed by atoms with Crippen LogP contribution in [0.25, 0.3) is 28.1 Å². The van der Waals surface area contributed by atoms with Gasteiger partial charge in [-0.3, -0.25) is 4.40 Å². The minimum Gasteiger partial charge on any atom is -0.478 e. The van der Waals surface area contributed by atoms with E-state index >= 15 is 0 Å². The summed E-state index contributed by atoms with van der Waals surface area (Å²) in [7, 11) is 0. The Bertz CT molecular complexity index is 1520. The summed E-state index contributed by atoms with van der Waals surface area (Å²) in [4.78, 5) is 25.9. The Morgan fingerprint density at radius 3 is 2.76 bits per heavy atom. The highest BCUT2D eigenvalue weighted by molar-refractivity contribution is 9.10. The van der Waals surface area contributed by atoms with Crippen LogP contribution in [-0.4, -0.2) is 35.0 Å². The molecule has 0 amide bonds. The molecule has 5 aromatic rings. The second-order valence-corrected chi connectivity index (χ2v) is 8.78. The number of aromatic nitrogens is 5. The molecule has 0 atom stereocenters. The van der Waals surface area contributed by atoms with Crippen LogP contribution in [0.15, 0.2) is 59.5 Å². The summed E-state index contributed by atoms with van der Waals surface area (Å²) >= 11 is 3.61. The number of aryl methyl sites for hydroxylation is 2. The van der Waals surface area contributed by atoms with E-state index in [0.29, 0.717) is 17.8 Å². The predicted octanol–water partition coefficient (Wildman–Crippen LogP) is 5.52. The van der Waals surface area contributed by atoms with Crippen LogP contribution in [0.2, 0.25) is 0 Å². The third-order valence-electron chi connectivity index (χ3n) is 5.77. The number of nitrogens with zero attached hydrogens (tertiary/aromatic N) is 5. The first-order chi connectivity index (χ1) is 16.0. The third-order valence-corrected chi connectivity index (χ3v) is 6.53. The Balaban J connectivity index is 1.59. The van der Waals surface area contributed by atoms with Crippen LogP contribution in [0.4, 0.5) is 0 Å². The number of hydrogen-bond acceptors (Lipinski definition) is 4. The highest BCUT2D eigenvalue weighted by atomic mass is 79.9. The first kappa shape index (κ1) is 21.3. The van der Waals surface area contributed by atoms with Crippen molar-refractivity contribution in [2.24, 2.45) is 0 Å². The fourth-order valence-electron chi connectivity index (χ4n) is 4.15. The molecule has 0 fully saturated rings. The number of fused-ring (bicyclic) bond motifs is 2. The van der Waals surface area contributed by atoms with Gasteiger partial charge in [0.15, 0.2) is 5.65 Å². The molecule has 8 heteroatoms. The topological polar surface area (TPSA) is 85.3 Å². The molecule has 0 saturated carbocycles. The van der Waals surface area contributed by atoms with Gasteiger partial charge in [0.05, 0.1) is 12.1 Å². The van der Waals surface area contributed by atoms with E-state index in [1.165, 1.54) is 0 Å². The lowest BCUT2D eigenvalue weighted by Crippen LogP contribution is -2.06. The van der Waals surface area contributed by atoms with Gasteiger partial charge in [-0.2, -0.15) is 0 Å². The summed E-state index contributed by atoms with van der Waals surface area (Å²) in [6.07, 6.45) is 5.66. The van der Waals surface area contributed by atoms with Crippen molar-refractivity contribution in [2.45, 2.75) is 33.2 Å². The smallest absolute Gasteiger partial charge is 0.336 e. The van der Waals surface area contributed by atoms with Gasteiger partial charge in [-0.1, -0.05) is 25.1 Å². The predicted molar refractivity (Wildman–Crippen MR) is 131 cm³/mol. The number of hydrogen-bond donors (Lipinski definition) is 1. The molecule has 0 bridgehead atoms. The number of pyridine rings is 2. The lowest BCUT2D eigenvalue weighted by Gasteiger charge is -2.09. The average molecular weight is 504 g/mol. The molecule has 33 heavy (non-hydrogen) atoms. The van der Waals surface area contributed by atoms with Crippen LogP contribution >= 0.6 is 15.9 Å². The van der Waals surface area contributed by atoms with Crippen molar-refractivity contribution in [3.63, 3.8) is 0 Å². The second-order valence-electron chi connectivity index (χ2n) is 8.03. The van der Waals surface area contributed by atoms with Crippen LogP contribution in [0.3, 0.4) is 0 Å². The summed E-state index contributed by atoms with van der Waals surface area (Å²) < 4.78 is 4.81. The minimum atomic E-state index is -0.978. The first-order valence-corrected chi connectivity index (χ1v) is 11.6. The maximum absolute atomic E-state index is 11.7. The highest BCUT2D eigenvalue weighted by Crippen LogP contribution is 2.32. The van der Waals surface area contributed by atoms with Crippen molar-refractivity contribution < 1.29 is 9.90 Å². The van der Waals surface area contributed by atoms with E-state index in [-0.39, 0.29) is 5.56 Å². The molecule has 0 unspecified atom stereocenters. The molecule has 7 nitrogen and oxygen atoms in total. The van der Waals surface area contributed by atoms with Crippen molar-refractivity contribution in [1.29, 1.82) is 0 Å². The number of carboxylic acids is 1. The molecule has 0 aliphatic heterocycles. The van der Waals surface area contributed by atoms with Crippen LogP contribution in [-0.2, 0) is 13.0 Å². The maximum Gasteiger partial charge on any atom is 0.336 e. The van der Waals surface area contributed by atoms with Gasteiger partial charge < -0.3 is 9.67 Å². The normalized spacial score (nSPS) is 11.5. The van der Waals surface area contributed by atoms with Gasteiger partial charge in [0.2, 0.25) is 0 Å². The van der Waals surface area contributed by atoms with Crippen molar-refractivity contribution in [3.8, 4) is 11.3 Å². The Hall–Kier alpha value is -3.52. The van der Waals surface area contributed by atoms with E-state index in [0.717, 1.165) is 51.2 Å². The molecule has 0 aliphatic carbocycles. The fraction of sp³-hybridized carbons (Fsp3) is 0.200. The Morgan fingerprint density at radius 2 is 1.97 bits per heavy atom. The molecular weight excluding hydrogens is 482 g/mol. The van der Waals surface area contributed by atoms with E-state index in [2.05, 4.69) is 39.3 Å². The van der Waals surface area contributed by atoms with Crippen LogP contribution < -0.4 is 0 Å². The number of rotatable bonds is 6. The Kier molecular flexibility index (Phi) is 5.46. The Labute approximate surface area is 198 Å². The number of aromatic carboxylic acids is 1. The van der Waals surface area contributed by atoms with E-state index < -0.39 is 5.97 Å². The first-order valence-electron chi connectivity index (χ1n) is 10.8. The van der Waals surface area contributed by atoms with Gasteiger partial charge in [0.1, 0.15) is 27.3 Å². The largest absolute Gasteiger partial charge is 0.478 e. The zero-order chi connectivity index (χ0) is 23.1. The summed E-state index contributed by atoms with van der Waals surface area (Å²) in [6, 6.07) is 13.0. The highest BCUT2D eigenvalue weighted by Gasteiger charge is 2.19. The standard InChI is InChI=1S/C25H22BrN5O2/c1-3-6-19-28-21-15(2)9-11-27-24(21)31(19)14-16-10-12-30-20(13-16)29-22(23(30)26)17-7-4-5-8-18(17)25(32)33/h4-5,7-13H,3,6,14H2,1-2H3,(H,32,33). The summed E-state index contributed by atoms with van der Waals surface area (Å²) in [5.41, 5.74) is 6.15. The quantitative estimate of drug-likeness (QED) is 0.329. The molecule has 166 valence electrons. The zero-order valence-electron chi connectivity index (χ0n) is 18.3. The number of carbonyl (C=O) groups is 1. The van der Waals surface area contributed by atoms with Crippen molar-refractivity contribution >= 4 is 38.7 Å². The number of imidazole rings is 2. The molecule has 4 heterocycles. The lowest BCUT2D eigenvalue weighted by atomic mass is 10.1. The van der Waals surface area contributed by atoms with Crippen molar-refractivity contribution in [3.05, 3.63) is 82.0 Å². The molecule has 0 aliphatic rings. The summed E-state index contributed by atoms with van der Waals surface area (Å²) in [5.74, 6) is 0.0447. The fourth-order valence-corrected chi connectivity index (χ4v) is 4.75. The summed E-state index contributed by atoms with van der Waals surface area (Å²) in [5, 5.41) is 9.59. The number of carboxylic acid groups (broad SMARTS) is 1. The van der Waals surface area contributed by atoms with Gasteiger partial charge in [0.25, 0.3) is 0 Å². The molecule has 5 rings (SSSR count). The molecule has 1 N–H and O–H groups in total. The van der Waals surface area contributed by atoms with Gasteiger partial charge in [-0.15, -0.1) is 0 Å². The average Bonchev–Trinajstić information content (AvgIpc) is 3.32. The lowest BCUT2D eigenvalue weighted by molar-refractivity contribution is 0.0697. The zero-order valence-corrected chi connectivity index (χ0v) is 19.9. The number of benzene rings is 1. The van der Waals surface area contributed by atoms with Gasteiger partial charge in [0, 0.05) is 24.4 Å². The Morgan fingerprint density at radius 1 is 1.15 bits per heavy atom. The molecule has 0 spiro atoms. The third kappa shape index (κ3) is 3.70. The molecule has 4 aromatic heterocycles. The van der Waals surface area contributed by atoms with Crippen molar-refractivity contribution in [2.75, 3.05) is 0 Å². The van der Waals surface area contributed by atoms with Gasteiger partial charge >= 0.3 is 5.97 Å². The summed E-state index contributed by atoms with van der Waals surface area (Å²) in [6.45, 7) is 4.83. The second kappa shape index (κ2) is 8.44.